The molecule has 2 heterocycles. The van der Waals surface area contributed by atoms with Crippen LogP contribution in [0.25, 0.3) is 0 Å². The molecule has 2 aromatic rings. The van der Waals surface area contributed by atoms with Crippen LogP contribution in [0.4, 0.5) is 19.1 Å². The molecule has 1 atom stereocenters. The van der Waals surface area contributed by atoms with Crippen LogP contribution in [-0.4, -0.2) is 37.9 Å². The van der Waals surface area contributed by atoms with E-state index in [4.69, 9.17) is 0 Å². The van der Waals surface area contributed by atoms with E-state index in [2.05, 4.69) is 25.8 Å². The first kappa shape index (κ1) is 17.9. The van der Waals surface area contributed by atoms with Gasteiger partial charge in [-0.2, -0.15) is 23.3 Å². The number of likely N-dealkylation sites (N-methyl/N-ethyl adjacent to an activating group) is 1. The van der Waals surface area contributed by atoms with Crippen molar-refractivity contribution in [3.05, 3.63) is 23.8 Å². The number of hydrogen-bond acceptors (Lipinski definition) is 5. The number of nitrogens with zero attached hydrogens (tertiary/aromatic N) is 4. The maximum absolute atomic E-state index is 12.4. The van der Waals surface area contributed by atoms with Crippen molar-refractivity contribution in [2.45, 2.75) is 12.2 Å². The molecule has 122 valence electrons. The number of aryl methyl sites for hydroxylation is 1. The van der Waals surface area contributed by atoms with E-state index in [1.54, 1.807) is 18.3 Å². The number of hydrogen-bond donors (Lipinski definition) is 3. The molecular formula is C10H13ClF3N7O. The molecule has 0 fully saturated rings. The molecule has 0 aliphatic rings. The number of H-pyrrole nitrogens is 1. The van der Waals surface area contributed by atoms with Crippen LogP contribution in [0.2, 0.25) is 0 Å². The summed E-state index contributed by atoms with van der Waals surface area (Å²) in [6.07, 6.45) is -1.57. The Morgan fingerprint density at radius 1 is 1.45 bits per heavy atom. The van der Waals surface area contributed by atoms with E-state index in [1.807, 2.05) is 0 Å². The lowest BCUT2D eigenvalue weighted by molar-refractivity contribution is -0.144. The number of anilines is 1. The first-order valence-corrected chi connectivity index (χ1v) is 5.77. The van der Waals surface area contributed by atoms with Gasteiger partial charge in [0.2, 0.25) is 17.7 Å². The van der Waals surface area contributed by atoms with Crippen LogP contribution in [0, 0.1) is 0 Å². The van der Waals surface area contributed by atoms with E-state index in [9.17, 15) is 18.0 Å². The monoisotopic (exact) mass is 339 g/mol. The Hall–Kier alpha value is -2.14. The van der Waals surface area contributed by atoms with Crippen LogP contribution in [0.15, 0.2) is 12.4 Å². The average molecular weight is 340 g/mol. The Bertz CT molecular complexity index is 638. The summed E-state index contributed by atoms with van der Waals surface area (Å²) in [5.41, 5.74) is 0.559. The summed E-state index contributed by atoms with van der Waals surface area (Å²) in [4.78, 5) is 15.2. The summed E-state index contributed by atoms with van der Waals surface area (Å²) >= 11 is 0. The Labute approximate surface area is 128 Å². The molecule has 0 spiro atoms. The predicted molar refractivity (Wildman–Crippen MR) is 72.3 cm³/mol. The number of carbonyl (C=O) groups excluding carboxylic acids is 1. The van der Waals surface area contributed by atoms with Crippen LogP contribution in [0.3, 0.4) is 0 Å². The summed E-state index contributed by atoms with van der Waals surface area (Å²) in [5.74, 6) is -2.32. The minimum absolute atomic E-state index is 0. The quantitative estimate of drug-likeness (QED) is 0.767. The van der Waals surface area contributed by atoms with Gasteiger partial charge in [-0.25, -0.2) is 0 Å². The lowest BCUT2D eigenvalue weighted by atomic mass is 10.1. The largest absolute Gasteiger partial charge is 0.451 e. The zero-order valence-corrected chi connectivity index (χ0v) is 12.3. The van der Waals surface area contributed by atoms with Crippen LogP contribution < -0.4 is 10.6 Å². The first-order chi connectivity index (χ1) is 9.81. The van der Waals surface area contributed by atoms with Gasteiger partial charge in [-0.1, -0.05) is 0 Å². The molecule has 0 saturated carbocycles. The van der Waals surface area contributed by atoms with Crippen molar-refractivity contribution in [3.8, 4) is 0 Å². The number of carbonyl (C=O) groups is 1. The van der Waals surface area contributed by atoms with Crippen LogP contribution in [0.1, 0.15) is 17.4 Å². The van der Waals surface area contributed by atoms with Gasteiger partial charge in [-0.05, 0) is 7.05 Å². The Kier molecular flexibility index (Phi) is 5.49. The fraction of sp³-hybridized carbons (Fsp3) is 0.400. The Morgan fingerprint density at radius 2 is 2.14 bits per heavy atom. The van der Waals surface area contributed by atoms with E-state index in [-0.39, 0.29) is 12.4 Å². The van der Waals surface area contributed by atoms with E-state index in [1.165, 1.54) is 17.9 Å². The summed E-state index contributed by atoms with van der Waals surface area (Å²) < 4.78 is 38.6. The smallest absolute Gasteiger partial charge is 0.305 e. The molecule has 0 bridgehead atoms. The van der Waals surface area contributed by atoms with Gasteiger partial charge in [-0.15, -0.1) is 17.5 Å². The van der Waals surface area contributed by atoms with Crippen molar-refractivity contribution >= 4 is 24.3 Å². The summed E-state index contributed by atoms with van der Waals surface area (Å²) in [7, 11) is 3.22. The molecule has 0 aliphatic carbocycles. The topological polar surface area (TPSA) is 101 Å². The van der Waals surface area contributed by atoms with Gasteiger partial charge < -0.3 is 5.32 Å². The van der Waals surface area contributed by atoms with Gasteiger partial charge in [0.25, 0.3) is 0 Å². The van der Waals surface area contributed by atoms with Crippen molar-refractivity contribution < 1.29 is 18.0 Å². The molecular weight excluding hydrogens is 327 g/mol. The number of aromatic amines is 1. The molecule has 22 heavy (non-hydrogen) atoms. The van der Waals surface area contributed by atoms with Crippen LogP contribution in [-0.2, 0) is 18.0 Å². The van der Waals surface area contributed by atoms with Crippen molar-refractivity contribution in [3.63, 3.8) is 0 Å². The Morgan fingerprint density at radius 3 is 2.59 bits per heavy atom. The third-order valence-corrected chi connectivity index (χ3v) is 2.60. The standard InChI is InChI=1S/C10H12F3N7O.ClH/c1-14-6(5-3-15-20(2)4-5)7(21)16-9-17-8(18-19-9)10(11,12)13;/h3-4,6,14H,1-2H3,(H2,16,17,18,19,21);1H. The highest BCUT2D eigenvalue weighted by atomic mass is 35.5. The Balaban J connectivity index is 0.00000242. The molecule has 2 aromatic heterocycles. The lowest BCUT2D eigenvalue weighted by Crippen LogP contribution is -2.30. The SMILES string of the molecule is CNC(C(=O)Nc1n[nH]c(C(F)(F)F)n1)c1cnn(C)c1.Cl. The fourth-order valence-electron chi connectivity index (χ4n) is 1.67. The number of alkyl halides is 3. The zero-order chi connectivity index (χ0) is 15.6. The third-order valence-electron chi connectivity index (χ3n) is 2.60. The number of amides is 1. The van der Waals surface area contributed by atoms with Gasteiger partial charge in [0.05, 0.1) is 6.20 Å². The normalized spacial score (nSPS) is 12.6. The molecule has 1 unspecified atom stereocenters. The minimum Gasteiger partial charge on any atom is -0.305 e. The van der Waals surface area contributed by atoms with Crippen molar-refractivity contribution in [2.24, 2.45) is 7.05 Å². The number of aromatic nitrogens is 5. The first-order valence-electron chi connectivity index (χ1n) is 5.77. The van der Waals surface area contributed by atoms with E-state index in [0.29, 0.717) is 5.56 Å². The second-order valence-corrected chi connectivity index (χ2v) is 4.16. The maximum atomic E-state index is 12.4. The van der Waals surface area contributed by atoms with E-state index in [0.717, 1.165) is 0 Å². The van der Waals surface area contributed by atoms with Crippen LogP contribution >= 0.6 is 12.4 Å². The molecule has 0 aliphatic heterocycles. The molecule has 0 radical (unpaired) electrons. The van der Waals surface area contributed by atoms with Gasteiger partial charge in [-0.3, -0.25) is 19.9 Å². The van der Waals surface area contributed by atoms with Crippen molar-refractivity contribution in [2.75, 3.05) is 12.4 Å². The molecule has 0 saturated heterocycles. The third kappa shape index (κ3) is 3.95. The average Bonchev–Trinajstić information content (AvgIpc) is 2.99. The molecule has 8 nitrogen and oxygen atoms in total. The van der Waals surface area contributed by atoms with Gasteiger partial charge in [0.15, 0.2) is 0 Å². The molecule has 0 aromatic carbocycles. The highest BCUT2D eigenvalue weighted by Gasteiger charge is 2.35. The molecule has 12 heteroatoms. The summed E-state index contributed by atoms with van der Waals surface area (Å²) in [6.45, 7) is 0. The zero-order valence-electron chi connectivity index (χ0n) is 11.5. The van der Waals surface area contributed by atoms with Gasteiger partial charge >= 0.3 is 6.18 Å². The van der Waals surface area contributed by atoms with Crippen molar-refractivity contribution in [1.29, 1.82) is 0 Å². The van der Waals surface area contributed by atoms with Gasteiger partial charge in [0, 0.05) is 18.8 Å². The van der Waals surface area contributed by atoms with Crippen LogP contribution in [0.5, 0.6) is 0 Å². The van der Waals surface area contributed by atoms with Gasteiger partial charge in [0.1, 0.15) is 6.04 Å². The van der Waals surface area contributed by atoms with E-state index < -0.39 is 29.9 Å². The second kappa shape index (κ2) is 6.75. The summed E-state index contributed by atoms with van der Waals surface area (Å²) in [6, 6.07) is -0.786. The number of nitrogens with one attached hydrogen (secondary N) is 3. The van der Waals surface area contributed by atoms with E-state index >= 15 is 0 Å². The molecule has 1 amide bonds. The van der Waals surface area contributed by atoms with Crippen molar-refractivity contribution in [1.82, 2.24) is 30.3 Å². The number of halogens is 4. The maximum Gasteiger partial charge on any atom is 0.451 e. The fourth-order valence-corrected chi connectivity index (χ4v) is 1.67. The summed E-state index contributed by atoms with van der Waals surface area (Å²) in [5, 5.41) is 13.9. The predicted octanol–water partition coefficient (Wildman–Crippen LogP) is 0.878. The molecule has 2 rings (SSSR count). The lowest BCUT2D eigenvalue weighted by Gasteiger charge is -2.12. The minimum atomic E-state index is -4.65. The highest BCUT2D eigenvalue weighted by molar-refractivity contribution is 5.94. The highest BCUT2D eigenvalue weighted by Crippen LogP contribution is 2.26. The molecule has 3 N–H and O–H groups in total. The number of rotatable bonds is 4. The second-order valence-electron chi connectivity index (χ2n) is 4.16.